The van der Waals surface area contributed by atoms with Crippen molar-refractivity contribution in [3.8, 4) is 0 Å². The van der Waals surface area contributed by atoms with Crippen LogP contribution in [0.4, 0.5) is 5.69 Å². The number of para-hydroxylation sites is 1. The second-order valence-electron chi connectivity index (χ2n) is 4.78. The van der Waals surface area contributed by atoms with Gasteiger partial charge in [-0.25, -0.2) is 0 Å². The van der Waals surface area contributed by atoms with Gasteiger partial charge in [0.05, 0.1) is 4.88 Å². The second kappa shape index (κ2) is 5.89. The zero-order chi connectivity index (χ0) is 13.9. The van der Waals surface area contributed by atoms with Crippen molar-refractivity contribution in [3.05, 3.63) is 46.7 Å². The minimum Gasteiger partial charge on any atom is -0.368 e. The lowest BCUT2D eigenvalue weighted by molar-refractivity contribution is 0.0751. The van der Waals surface area contributed by atoms with Gasteiger partial charge in [-0.2, -0.15) is 0 Å². The SMILES string of the molecule is O=C(c1cc(S)cs1)N1CCN(c2ccccc2)CC1. The van der Waals surface area contributed by atoms with E-state index in [0.29, 0.717) is 0 Å². The van der Waals surface area contributed by atoms with Crippen LogP contribution in [0.3, 0.4) is 0 Å². The predicted molar refractivity (Wildman–Crippen MR) is 86.1 cm³/mol. The number of amides is 1. The number of hydrogen-bond donors (Lipinski definition) is 1. The molecular formula is C15H16N2OS2. The van der Waals surface area contributed by atoms with Crippen LogP contribution in [-0.2, 0) is 0 Å². The number of piperazine rings is 1. The minimum absolute atomic E-state index is 0.128. The lowest BCUT2D eigenvalue weighted by Gasteiger charge is -2.35. The Kier molecular flexibility index (Phi) is 3.98. The summed E-state index contributed by atoms with van der Waals surface area (Å²) in [5, 5.41) is 1.90. The second-order valence-corrected chi connectivity index (χ2v) is 6.21. The van der Waals surface area contributed by atoms with E-state index in [9.17, 15) is 4.79 Å². The van der Waals surface area contributed by atoms with Crippen molar-refractivity contribution in [2.24, 2.45) is 0 Å². The summed E-state index contributed by atoms with van der Waals surface area (Å²) in [5.41, 5.74) is 1.23. The number of rotatable bonds is 2. The maximum Gasteiger partial charge on any atom is 0.264 e. The Bertz CT molecular complexity index is 589. The summed E-state index contributed by atoms with van der Waals surface area (Å²) < 4.78 is 0. The lowest BCUT2D eigenvalue weighted by atomic mass is 10.2. The fraction of sp³-hybridized carbons (Fsp3) is 0.267. The number of thiophene rings is 1. The van der Waals surface area contributed by atoms with Crippen molar-refractivity contribution in [2.75, 3.05) is 31.1 Å². The molecule has 0 unspecified atom stereocenters. The van der Waals surface area contributed by atoms with E-state index in [1.807, 2.05) is 34.5 Å². The molecule has 1 amide bonds. The van der Waals surface area contributed by atoms with Crippen LogP contribution >= 0.6 is 24.0 Å². The summed E-state index contributed by atoms with van der Waals surface area (Å²) in [4.78, 5) is 18.2. The Morgan fingerprint density at radius 1 is 1.10 bits per heavy atom. The average molecular weight is 304 g/mol. The standard InChI is InChI=1S/C15H16N2OS2/c18-15(14-10-13(19)11-20-14)17-8-6-16(7-9-17)12-4-2-1-3-5-12/h1-5,10-11,19H,6-9H2. The van der Waals surface area contributed by atoms with Crippen molar-refractivity contribution < 1.29 is 4.79 Å². The molecule has 104 valence electrons. The molecule has 0 aliphatic carbocycles. The van der Waals surface area contributed by atoms with Gasteiger partial charge in [0.15, 0.2) is 0 Å². The third kappa shape index (κ3) is 2.83. The quantitative estimate of drug-likeness (QED) is 0.862. The molecule has 0 spiro atoms. The van der Waals surface area contributed by atoms with Crippen LogP contribution in [0.1, 0.15) is 9.67 Å². The molecule has 3 nitrogen and oxygen atoms in total. The smallest absolute Gasteiger partial charge is 0.264 e. The summed E-state index contributed by atoms with van der Waals surface area (Å²) in [6.07, 6.45) is 0. The maximum absolute atomic E-state index is 12.3. The number of benzene rings is 1. The Morgan fingerprint density at radius 3 is 2.40 bits per heavy atom. The third-order valence-corrected chi connectivity index (χ3v) is 4.84. The molecule has 1 saturated heterocycles. The van der Waals surface area contributed by atoms with E-state index in [4.69, 9.17) is 0 Å². The maximum atomic E-state index is 12.3. The van der Waals surface area contributed by atoms with Gasteiger partial charge < -0.3 is 9.80 Å². The molecule has 3 rings (SSSR count). The monoisotopic (exact) mass is 304 g/mol. The fourth-order valence-electron chi connectivity index (χ4n) is 2.40. The molecule has 0 atom stereocenters. The molecule has 0 saturated carbocycles. The zero-order valence-electron chi connectivity index (χ0n) is 11.0. The van der Waals surface area contributed by atoms with E-state index in [1.165, 1.54) is 17.0 Å². The number of hydrogen-bond acceptors (Lipinski definition) is 4. The topological polar surface area (TPSA) is 23.6 Å². The van der Waals surface area contributed by atoms with E-state index >= 15 is 0 Å². The van der Waals surface area contributed by atoms with Crippen LogP contribution in [0, 0.1) is 0 Å². The zero-order valence-corrected chi connectivity index (χ0v) is 12.7. The van der Waals surface area contributed by atoms with Crippen LogP contribution in [0.2, 0.25) is 0 Å². The van der Waals surface area contributed by atoms with Gasteiger partial charge in [0.2, 0.25) is 0 Å². The van der Waals surface area contributed by atoms with E-state index in [-0.39, 0.29) is 5.91 Å². The van der Waals surface area contributed by atoms with E-state index < -0.39 is 0 Å². The molecular weight excluding hydrogens is 288 g/mol. The predicted octanol–water partition coefficient (Wildman–Crippen LogP) is 3.00. The molecule has 1 fully saturated rings. The Morgan fingerprint density at radius 2 is 1.80 bits per heavy atom. The first-order chi connectivity index (χ1) is 9.74. The van der Waals surface area contributed by atoms with Gasteiger partial charge in [0, 0.05) is 42.1 Å². The van der Waals surface area contributed by atoms with Crippen molar-refractivity contribution in [1.29, 1.82) is 0 Å². The lowest BCUT2D eigenvalue weighted by Crippen LogP contribution is -2.48. The summed E-state index contributed by atoms with van der Waals surface area (Å²) in [6.45, 7) is 3.31. The normalized spacial score (nSPS) is 15.4. The Labute approximate surface area is 128 Å². The molecule has 5 heteroatoms. The fourth-order valence-corrected chi connectivity index (χ4v) is 3.52. The minimum atomic E-state index is 0.128. The Hall–Kier alpha value is -1.46. The molecule has 1 aromatic heterocycles. The summed E-state index contributed by atoms with van der Waals surface area (Å²) in [5.74, 6) is 0.128. The highest BCUT2D eigenvalue weighted by Gasteiger charge is 2.23. The van der Waals surface area contributed by atoms with Gasteiger partial charge in [-0.15, -0.1) is 24.0 Å². The van der Waals surface area contributed by atoms with Crippen LogP contribution < -0.4 is 4.90 Å². The van der Waals surface area contributed by atoms with Crippen molar-refractivity contribution in [1.82, 2.24) is 4.90 Å². The molecule has 0 N–H and O–H groups in total. The first-order valence-corrected chi connectivity index (χ1v) is 7.93. The number of carbonyl (C=O) groups is 1. The van der Waals surface area contributed by atoms with E-state index in [2.05, 4.69) is 29.7 Å². The van der Waals surface area contributed by atoms with Crippen molar-refractivity contribution in [3.63, 3.8) is 0 Å². The molecule has 1 aliphatic heterocycles. The molecule has 1 aliphatic rings. The van der Waals surface area contributed by atoms with Crippen LogP contribution in [0.5, 0.6) is 0 Å². The highest BCUT2D eigenvalue weighted by Crippen LogP contribution is 2.21. The van der Waals surface area contributed by atoms with E-state index in [1.54, 1.807) is 0 Å². The van der Waals surface area contributed by atoms with Crippen molar-refractivity contribution >= 4 is 35.6 Å². The highest BCUT2D eigenvalue weighted by atomic mass is 32.1. The van der Waals surface area contributed by atoms with Crippen LogP contribution in [-0.4, -0.2) is 37.0 Å². The van der Waals surface area contributed by atoms with Gasteiger partial charge in [0.1, 0.15) is 0 Å². The number of thiol groups is 1. The highest BCUT2D eigenvalue weighted by molar-refractivity contribution is 7.80. The Balaban J connectivity index is 1.63. The van der Waals surface area contributed by atoms with Crippen LogP contribution in [0.15, 0.2) is 46.7 Å². The molecule has 20 heavy (non-hydrogen) atoms. The van der Waals surface area contributed by atoms with Gasteiger partial charge in [-0.1, -0.05) is 18.2 Å². The van der Waals surface area contributed by atoms with Crippen LogP contribution in [0.25, 0.3) is 0 Å². The van der Waals surface area contributed by atoms with Crippen molar-refractivity contribution in [2.45, 2.75) is 4.90 Å². The number of anilines is 1. The van der Waals surface area contributed by atoms with Gasteiger partial charge >= 0.3 is 0 Å². The van der Waals surface area contributed by atoms with E-state index in [0.717, 1.165) is 36.0 Å². The number of carbonyl (C=O) groups excluding carboxylic acids is 1. The number of nitrogens with zero attached hydrogens (tertiary/aromatic N) is 2. The molecule has 2 heterocycles. The van der Waals surface area contributed by atoms with Gasteiger partial charge in [-0.3, -0.25) is 4.79 Å². The summed E-state index contributed by atoms with van der Waals surface area (Å²) >= 11 is 5.72. The summed E-state index contributed by atoms with van der Waals surface area (Å²) in [6, 6.07) is 12.2. The molecule has 2 aromatic rings. The van der Waals surface area contributed by atoms with Gasteiger partial charge in [0.25, 0.3) is 5.91 Å². The summed E-state index contributed by atoms with van der Waals surface area (Å²) in [7, 11) is 0. The first kappa shape index (κ1) is 13.5. The average Bonchev–Trinajstić information content (AvgIpc) is 2.94. The largest absolute Gasteiger partial charge is 0.368 e. The van der Waals surface area contributed by atoms with Gasteiger partial charge in [-0.05, 0) is 18.2 Å². The molecule has 1 aromatic carbocycles. The molecule has 0 bridgehead atoms. The third-order valence-electron chi connectivity index (χ3n) is 3.48. The first-order valence-electron chi connectivity index (χ1n) is 6.61. The molecule has 0 radical (unpaired) electrons.